The number of hydrogen-bond acceptors (Lipinski definition) is 0. The van der Waals surface area contributed by atoms with Gasteiger partial charge < -0.3 is 0 Å². The highest BCUT2D eigenvalue weighted by molar-refractivity contribution is 6.22. The smallest absolute Gasteiger partial charge is 0.131 e. The molecule has 0 amide bonds. The van der Waals surface area contributed by atoms with Crippen molar-refractivity contribution in [3.05, 3.63) is 70.5 Å². The molecule has 0 aliphatic rings. The highest BCUT2D eigenvalue weighted by Gasteiger charge is 2.17. The third kappa shape index (κ3) is 2.51. The molecule has 0 nitrogen and oxygen atoms in total. The van der Waals surface area contributed by atoms with E-state index in [1.54, 1.807) is 6.07 Å². The second kappa shape index (κ2) is 5.02. The van der Waals surface area contributed by atoms with Crippen LogP contribution in [0.5, 0.6) is 0 Å². The van der Waals surface area contributed by atoms with Gasteiger partial charge in [0.15, 0.2) is 0 Å². The van der Waals surface area contributed by atoms with Gasteiger partial charge in [-0.1, -0.05) is 12.1 Å². The lowest BCUT2D eigenvalue weighted by Crippen LogP contribution is -2.00. The molecule has 0 spiro atoms. The lowest BCUT2D eigenvalue weighted by Gasteiger charge is -2.12. The van der Waals surface area contributed by atoms with Crippen molar-refractivity contribution in [2.45, 2.75) is 12.3 Å². The van der Waals surface area contributed by atoms with E-state index < -0.39 is 22.8 Å². The molecule has 2 aromatic carbocycles. The summed E-state index contributed by atoms with van der Waals surface area (Å²) in [5.41, 5.74) is 0.871. The van der Waals surface area contributed by atoms with Crippen molar-refractivity contribution in [2.75, 3.05) is 0 Å². The third-order valence-electron chi connectivity index (χ3n) is 2.69. The molecule has 0 aliphatic carbocycles. The zero-order chi connectivity index (χ0) is 13.3. The molecule has 4 heteroatoms. The first-order chi connectivity index (χ1) is 8.49. The van der Waals surface area contributed by atoms with Crippen LogP contribution in [0.25, 0.3) is 0 Å². The molecule has 0 bridgehead atoms. The van der Waals surface area contributed by atoms with Gasteiger partial charge in [-0.2, -0.15) is 0 Å². The Hall–Kier alpha value is -1.48. The third-order valence-corrected chi connectivity index (χ3v) is 3.18. The molecule has 0 heterocycles. The van der Waals surface area contributed by atoms with Crippen molar-refractivity contribution < 1.29 is 13.2 Å². The first-order valence-corrected chi connectivity index (χ1v) is 5.78. The summed E-state index contributed by atoms with van der Waals surface area (Å²) in [5.74, 6) is -1.81. The Morgan fingerprint density at radius 1 is 1.00 bits per heavy atom. The SMILES string of the molecule is Cc1cc(C(Cl)c2cccc(F)c2)c(F)cc1F. The van der Waals surface area contributed by atoms with Crippen LogP contribution in [0.1, 0.15) is 22.1 Å². The summed E-state index contributed by atoms with van der Waals surface area (Å²) in [7, 11) is 0. The van der Waals surface area contributed by atoms with Crippen molar-refractivity contribution in [1.29, 1.82) is 0 Å². The van der Waals surface area contributed by atoms with Crippen LogP contribution in [0.4, 0.5) is 13.2 Å². The van der Waals surface area contributed by atoms with E-state index in [-0.39, 0.29) is 5.56 Å². The average molecular weight is 271 g/mol. The number of benzene rings is 2. The first-order valence-electron chi connectivity index (χ1n) is 5.34. The maximum atomic E-state index is 13.6. The maximum absolute atomic E-state index is 13.6. The van der Waals surface area contributed by atoms with E-state index in [2.05, 4.69) is 0 Å². The summed E-state index contributed by atoms with van der Waals surface area (Å²) in [6, 6.07) is 7.73. The lowest BCUT2D eigenvalue weighted by atomic mass is 10.0. The van der Waals surface area contributed by atoms with Crippen molar-refractivity contribution >= 4 is 11.6 Å². The molecule has 1 unspecified atom stereocenters. The Kier molecular flexibility index (Phi) is 3.62. The van der Waals surface area contributed by atoms with Crippen LogP contribution >= 0.6 is 11.6 Å². The molecule has 0 radical (unpaired) electrons. The molecular weight excluding hydrogens is 261 g/mol. The standard InChI is InChI=1S/C14H10ClF3/c1-8-5-11(13(18)7-12(8)17)14(15)9-3-2-4-10(16)6-9/h2-7,14H,1H3. The minimum atomic E-state index is -0.847. The first kappa shape index (κ1) is 13.0. The van der Waals surface area contributed by atoms with Gasteiger partial charge >= 0.3 is 0 Å². The Bertz CT molecular complexity index is 581. The Morgan fingerprint density at radius 3 is 2.39 bits per heavy atom. The van der Waals surface area contributed by atoms with E-state index in [4.69, 9.17) is 11.6 Å². The number of halogens is 4. The molecule has 2 rings (SSSR count). The number of aryl methyl sites for hydroxylation is 1. The normalized spacial score (nSPS) is 12.5. The topological polar surface area (TPSA) is 0 Å². The fourth-order valence-electron chi connectivity index (χ4n) is 1.72. The minimum Gasteiger partial charge on any atom is -0.207 e. The van der Waals surface area contributed by atoms with E-state index in [0.29, 0.717) is 11.1 Å². The summed E-state index contributed by atoms with van der Waals surface area (Å²) in [4.78, 5) is 0. The van der Waals surface area contributed by atoms with Gasteiger partial charge in [0.25, 0.3) is 0 Å². The summed E-state index contributed by atoms with van der Waals surface area (Å²) < 4.78 is 39.9. The summed E-state index contributed by atoms with van der Waals surface area (Å²) in [5, 5.41) is -0.847. The summed E-state index contributed by atoms with van der Waals surface area (Å²) in [6.45, 7) is 1.52. The van der Waals surface area contributed by atoms with Gasteiger partial charge in [0.2, 0.25) is 0 Å². The zero-order valence-corrected chi connectivity index (χ0v) is 10.3. The van der Waals surface area contributed by atoms with E-state index in [1.807, 2.05) is 0 Å². The van der Waals surface area contributed by atoms with Crippen molar-refractivity contribution in [1.82, 2.24) is 0 Å². The fraction of sp³-hybridized carbons (Fsp3) is 0.143. The van der Waals surface area contributed by atoms with Crippen molar-refractivity contribution in [2.24, 2.45) is 0 Å². The van der Waals surface area contributed by atoms with Crippen LogP contribution in [0, 0.1) is 24.4 Å². The predicted octanol–water partition coefficient (Wildman–Crippen LogP) is 4.74. The van der Waals surface area contributed by atoms with Gasteiger partial charge in [0.1, 0.15) is 17.5 Å². The van der Waals surface area contributed by atoms with Crippen LogP contribution in [0.15, 0.2) is 36.4 Å². The molecule has 94 valence electrons. The predicted molar refractivity (Wildman–Crippen MR) is 65.2 cm³/mol. The summed E-state index contributed by atoms with van der Waals surface area (Å²) >= 11 is 6.10. The largest absolute Gasteiger partial charge is 0.207 e. The second-order valence-corrected chi connectivity index (χ2v) is 4.48. The summed E-state index contributed by atoms with van der Waals surface area (Å²) in [6.07, 6.45) is 0. The van der Waals surface area contributed by atoms with Crippen molar-refractivity contribution in [3.63, 3.8) is 0 Å². The minimum absolute atomic E-state index is 0.140. The van der Waals surface area contributed by atoms with Crippen LogP contribution in [0.2, 0.25) is 0 Å². The van der Waals surface area contributed by atoms with Gasteiger partial charge in [-0.15, -0.1) is 11.6 Å². The molecule has 0 fully saturated rings. The second-order valence-electron chi connectivity index (χ2n) is 4.04. The van der Waals surface area contributed by atoms with Gasteiger partial charge in [-0.25, -0.2) is 13.2 Å². The maximum Gasteiger partial charge on any atom is 0.131 e. The van der Waals surface area contributed by atoms with E-state index in [0.717, 1.165) is 6.07 Å². The monoisotopic (exact) mass is 270 g/mol. The molecular formula is C14H10ClF3. The van der Waals surface area contributed by atoms with Crippen LogP contribution in [-0.4, -0.2) is 0 Å². The molecule has 2 aromatic rings. The Morgan fingerprint density at radius 2 is 1.72 bits per heavy atom. The highest BCUT2D eigenvalue weighted by atomic mass is 35.5. The highest BCUT2D eigenvalue weighted by Crippen LogP contribution is 2.32. The van der Waals surface area contributed by atoms with Crippen molar-refractivity contribution in [3.8, 4) is 0 Å². The molecule has 1 atom stereocenters. The lowest BCUT2D eigenvalue weighted by molar-refractivity contribution is 0.567. The number of alkyl halides is 1. The average Bonchev–Trinajstić information content (AvgIpc) is 2.33. The molecule has 18 heavy (non-hydrogen) atoms. The molecule has 0 N–H and O–H groups in total. The van der Waals surface area contributed by atoms with Gasteiger partial charge in [-0.3, -0.25) is 0 Å². The molecule has 0 saturated carbocycles. The molecule has 0 aliphatic heterocycles. The quantitative estimate of drug-likeness (QED) is 0.692. The number of rotatable bonds is 2. The fourth-order valence-corrected chi connectivity index (χ4v) is 2.02. The molecule has 0 aromatic heterocycles. The van der Waals surface area contributed by atoms with Gasteiger partial charge in [0, 0.05) is 11.6 Å². The van der Waals surface area contributed by atoms with Crippen LogP contribution in [-0.2, 0) is 0 Å². The van der Waals surface area contributed by atoms with E-state index in [9.17, 15) is 13.2 Å². The Labute approximate surface area is 108 Å². The van der Waals surface area contributed by atoms with E-state index >= 15 is 0 Å². The van der Waals surface area contributed by atoms with Crippen LogP contribution in [0.3, 0.4) is 0 Å². The van der Waals surface area contributed by atoms with Crippen LogP contribution < -0.4 is 0 Å². The number of hydrogen-bond donors (Lipinski definition) is 0. The van der Waals surface area contributed by atoms with Gasteiger partial charge in [0.05, 0.1) is 5.38 Å². The van der Waals surface area contributed by atoms with Gasteiger partial charge in [-0.05, 0) is 36.2 Å². The van der Waals surface area contributed by atoms with E-state index in [1.165, 1.54) is 31.2 Å². The molecule has 0 saturated heterocycles. The Balaban J connectivity index is 2.46. The zero-order valence-electron chi connectivity index (χ0n) is 9.55.